The van der Waals surface area contributed by atoms with Crippen molar-refractivity contribution in [1.29, 1.82) is 0 Å². The molecule has 6 aromatic carbocycles. The molecular formula is C85H101Cl2N11O24. The lowest BCUT2D eigenvalue weighted by atomic mass is 9.54. The van der Waals surface area contributed by atoms with Gasteiger partial charge in [-0.1, -0.05) is 75.2 Å². The molecule has 17 rings (SSSR count). The quantitative estimate of drug-likeness (QED) is 0.0304. The van der Waals surface area contributed by atoms with E-state index in [2.05, 4.69) is 58.5 Å². The summed E-state index contributed by atoms with van der Waals surface area (Å²) < 4.78 is 37.7. The Kier molecular flexibility index (Phi) is 26.9. The number of aliphatic hydroxyl groups is 9. The fourth-order valence-corrected chi connectivity index (χ4v) is 18.4. The minimum absolute atomic E-state index is 0.0763. The van der Waals surface area contributed by atoms with Crippen molar-refractivity contribution < 1.29 is 118 Å². The predicted octanol–water partition coefficient (Wildman–Crippen LogP) is 2.05. The van der Waals surface area contributed by atoms with Crippen molar-refractivity contribution in [2.75, 3.05) is 53.0 Å². The summed E-state index contributed by atoms with van der Waals surface area (Å²) in [5.41, 5.74) is -2.19. The van der Waals surface area contributed by atoms with Gasteiger partial charge in [0.15, 0.2) is 23.0 Å². The van der Waals surface area contributed by atoms with Crippen LogP contribution in [0.25, 0.3) is 11.1 Å². The number of halogens is 2. The van der Waals surface area contributed by atoms with Crippen LogP contribution < -0.4 is 82.2 Å². The Hall–Kier alpha value is -10.1. The zero-order chi connectivity index (χ0) is 87.0. The molecule has 4 saturated carbocycles. The number of carbonyl (C=O) groups is 8. The molecule has 8 amide bonds. The van der Waals surface area contributed by atoms with Crippen LogP contribution in [0.5, 0.6) is 46.0 Å². The van der Waals surface area contributed by atoms with Crippen LogP contribution in [0.2, 0.25) is 10.0 Å². The highest BCUT2D eigenvalue weighted by atomic mass is 35.5. The normalized spacial score (nSPS) is 28.0. The van der Waals surface area contributed by atoms with Crippen LogP contribution >= 0.6 is 23.2 Å². The van der Waals surface area contributed by atoms with E-state index in [0.717, 1.165) is 68.5 Å². The Morgan fingerprint density at radius 3 is 1.84 bits per heavy atom. The van der Waals surface area contributed by atoms with Crippen LogP contribution in [0.1, 0.15) is 152 Å². The molecule has 0 spiro atoms. The first-order valence-corrected chi connectivity index (χ1v) is 41.6. The van der Waals surface area contributed by atoms with Crippen molar-refractivity contribution in [1.82, 2.24) is 58.5 Å². The molecule has 11 aliphatic rings. The predicted molar refractivity (Wildman–Crippen MR) is 435 cm³/mol. The molecule has 37 heteroatoms. The van der Waals surface area contributed by atoms with Gasteiger partial charge in [0.25, 0.3) is 5.91 Å². The van der Waals surface area contributed by atoms with Crippen molar-refractivity contribution in [2.24, 2.45) is 29.6 Å². The molecule has 0 radical (unpaired) electrons. The van der Waals surface area contributed by atoms with Crippen molar-refractivity contribution in [3.8, 4) is 57.1 Å². The third-order valence-electron chi connectivity index (χ3n) is 23.9. The monoisotopic (exact) mass is 1730 g/mol. The molecule has 0 aromatic heterocycles. The third-order valence-corrected chi connectivity index (χ3v) is 24.5. The van der Waals surface area contributed by atoms with Crippen LogP contribution in [0.4, 0.5) is 0 Å². The molecule has 122 heavy (non-hydrogen) atoms. The number of aliphatic hydroxyl groups excluding tert-OH is 7. The molecule has 35 nitrogen and oxygen atoms in total. The fourth-order valence-electron chi connectivity index (χ4n) is 17.9. The Balaban J connectivity index is 0.939. The molecule has 6 heterocycles. The molecule has 21 N–H and O–H groups in total. The Bertz CT molecular complexity index is 4960. The summed E-state index contributed by atoms with van der Waals surface area (Å²) in [6.07, 6.45) is -12.7. The molecule has 5 fully saturated rings. The first kappa shape index (κ1) is 88.3. The Labute approximate surface area is 710 Å². The van der Waals surface area contributed by atoms with E-state index >= 15 is 28.8 Å². The summed E-state index contributed by atoms with van der Waals surface area (Å²) in [6.45, 7) is 8.99. The SMILES string of the molecule is CCNCCOc1ccc(C(=O)NC(O)CC2NC(=O)C(NC(=O)C(CC(C)C)NC)C(O)c3ccc(c(Cl)c3)Oc3cc4cc(c3OC3OC(CO)C(O)C(O)C3O)Oc3ccc(cc3Cl)C(O)C3NC(=O)C(NC(=O)C4NC2=O)c2ccc4c(c2)-c2c(cc(O)cc2C4(O)O)C(C(=O)NC2C4CC5CC(C4)CC2C5)NC3=O)cc1OCCNCC. The highest BCUT2D eigenvalue weighted by molar-refractivity contribution is 6.32. The van der Waals surface area contributed by atoms with Crippen molar-refractivity contribution in [3.05, 3.63) is 152 Å². The van der Waals surface area contributed by atoms with Crippen molar-refractivity contribution >= 4 is 70.5 Å². The standard InChI is InChI=1S/C85H101Cl2N11O24/c1-6-89-16-18-117-57-15-11-42(29-58(57)118-19-17-90-7-2)76(107)92-62(101)34-54-78(109)94-66-45-30-59(119-55-13-9-40(27-51(55)86)70(102)68(82(113)91-54)97-77(108)53(88-5)20-36(3)4)75(122-84-74(106)73(105)72(104)61(35-99)121-84)60(31-45)120-56-14-10-41(28-52(56)87)71(103)69-83(114)96-67(81(112)93-64-43-22-37-21-38(24-43)25-44(64)23-37)48-32-46(100)33-50-63(48)47-26-39(8-12-49(47)85(50,115)116)65(79(110)98-69)95-80(66)111/h8-15,26-33,36-38,43-44,53-54,61-62,64-74,84,88-90,99-106,115-116H,6-7,16-25,34-35H2,1-5H3,(H,91,113)(H,92,107)(H,93,112)(H,94,109)(H,95,111)(H,96,114)(H,97,108)(H,98,110). The molecule has 15 atom stereocenters. The molecule has 6 aliphatic heterocycles. The number of hydrogen-bond donors (Lipinski definition) is 21. The lowest BCUT2D eigenvalue weighted by molar-refractivity contribution is -0.277. The molecule has 15 unspecified atom stereocenters. The van der Waals surface area contributed by atoms with Gasteiger partial charge in [0.2, 0.25) is 59.2 Å². The smallest absolute Gasteiger partial charge is 0.253 e. The van der Waals surface area contributed by atoms with Gasteiger partial charge < -0.3 is 138 Å². The number of carbonyl (C=O) groups excluding carboxylic acids is 8. The van der Waals surface area contributed by atoms with E-state index in [4.69, 9.17) is 51.6 Å². The lowest BCUT2D eigenvalue weighted by Crippen LogP contribution is -2.60. The summed E-state index contributed by atoms with van der Waals surface area (Å²) >= 11 is 14.4. The largest absolute Gasteiger partial charge is 0.508 e. The van der Waals surface area contributed by atoms with Crippen molar-refractivity contribution in [3.63, 3.8) is 0 Å². The topological polar surface area (TPSA) is 527 Å². The summed E-state index contributed by atoms with van der Waals surface area (Å²) in [4.78, 5) is 125. The zero-order valence-corrected chi connectivity index (χ0v) is 68.7. The molecule has 654 valence electrons. The van der Waals surface area contributed by atoms with E-state index in [1.54, 1.807) is 0 Å². The second-order valence-corrected chi connectivity index (χ2v) is 33.5. The van der Waals surface area contributed by atoms with Gasteiger partial charge in [-0.3, -0.25) is 38.4 Å². The second-order valence-electron chi connectivity index (χ2n) is 32.7. The maximum Gasteiger partial charge on any atom is 0.253 e. The maximum atomic E-state index is 16.6. The number of phenolic OH excluding ortho intramolecular Hbond substituents is 1. The fraction of sp³-hybridized carbons (Fsp3) is 0.482. The number of fused-ring (bicyclic) bond motifs is 12. The average Bonchev–Trinajstić information content (AvgIpc) is 1.55. The van der Waals surface area contributed by atoms with E-state index in [1.165, 1.54) is 67.7 Å². The summed E-state index contributed by atoms with van der Waals surface area (Å²) in [7, 11) is 1.49. The van der Waals surface area contributed by atoms with E-state index in [9.17, 15) is 60.7 Å². The number of hydrogen-bond acceptors (Lipinski definition) is 27. The van der Waals surface area contributed by atoms with Crippen LogP contribution in [0.3, 0.4) is 0 Å². The van der Waals surface area contributed by atoms with E-state index in [-0.39, 0.29) is 122 Å². The first-order valence-electron chi connectivity index (χ1n) is 40.9. The van der Waals surface area contributed by atoms with Gasteiger partial charge >= 0.3 is 0 Å². The molecule has 1 saturated heterocycles. The average molecular weight is 1730 g/mol. The maximum absolute atomic E-state index is 16.6. The third kappa shape index (κ3) is 18.4. The summed E-state index contributed by atoms with van der Waals surface area (Å²) in [5, 5.41) is 148. The van der Waals surface area contributed by atoms with Crippen molar-refractivity contribution in [2.45, 2.75) is 176 Å². The number of amides is 8. The minimum atomic E-state index is -2.98. The number of phenols is 1. The van der Waals surface area contributed by atoms with Gasteiger partial charge in [-0.05, 0) is 200 Å². The second kappa shape index (κ2) is 37.2. The van der Waals surface area contributed by atoms with E-state index in [0.29, 0.717) is 38.0 Å². The summed E-state index contributed by atoms with van der Waals surface area (Å²) in [6, 6.07) is 5.06. The highest BCUT2D eigenvalue weighted by Gasteiger charge is 2.52. The van der Waals surface area contributed by atoms with Gasteiger partial charge in [-0.25, -0.2) is 0 Å². The summed E-state index contributed by atoms with van der Waals surface area (Å²) in [5.74, 6) is -14.1. The molecule has 6 aromatic rings. The van der Waals surface area contributed by atoms with Crippen LogP contribution in [-0.4, -0.2) is 219 Å². The number of benzene rings is 6. The zero-order valence-electron chi connectivity index (χ0n) is 67.2. The van der Waals surface area contributed by atoms with Gasteiger partial charge in [0.1, 0.15) is 110 Å². The lowest BCUT2D eigenvalue weighted by Gasteiger charge is -2.54. The molecule has 5 aliphatic carbocycles. The number of aromatic hydroxyl groups is 1. The van der Waals surface area contributed by atoms with E-state index < -0.39 is 191 Å². The van der Waals surface area contributed by atoms with Crippen LogP contribution in [0, 0.1) is 29.6 Å². The van der Waals surface area contributed by atoms with Gasteiger partial charge in [-0.2, -0.15) is 0 Å². The Morgan fingerprint density at radius 2 is 1.23 bits per heavy atom. The Morgan fingerprint density at radius 1 is 0.623 bits per heavy atom. The number of likely N-dealkylation sites (N-methyl/N-ethyl adjacent to an activating group) is 3. The number of nitrogens with one attached hydrogen (secondary N) is 11. The van der Waals surface area contributed by atoms with Gasteiger partial charge in [0, 0.05) is 42.2 Å². The number of ether oxygens (including phenoxy) is 6. The number of rotatable bonds is 24. The van der Waals surface area contributed by atoms with Crippen LogP contribution in [0.15, 0.2) is 97.1 Å². The van der Waals surface area contributed by atoms with Crippen LogP contribution in [-0.2, 0) is 44.1 Å². The van der Waals surface area contributed by atoms with Gasteiger partial charge in [0.05, 0.1) is 22.7 Å². The molecular weight excluding hydrogens is 1630 g/mol. The highest BCUT2D eigenvalue weighted by Crippen LogP contribution is 2.56. The first-order chi connectivity index (χ1) is 58.3. The van der Waals surface area contributed by atoms with E-state index in [1.807, 2.05) is 27.7 Å². The minimum Gasteiger partial charge on any atom is -0.508 e. The van der Waals surface area contributed by atoms with Gasteiger partial charge in [-0.15, -0.1) is 0 Å². The molecule has 15 bridgehead atoms.